The first-order chi connectivity index (χ1) is 14.5. The van der Waals surface area contributed by atoms with Crippen molar-refractivity contribution in [2.75, 3.05) is 19.8 Å². The second-order valence-electron chi connectivity index (χ2n) is 6.97. The SMILES string of the molecule is CCOCCCN1C(=O)c2oc3ccccc3c(=O)c2C1c1cccc([N+](=O)[O-])c1. The molecule has 0 fully saturated rings. The van der Waals surface area contributed by atoms with Crippen LogP contribution in [-0.4, -0.2) is 35.5 Å². The number of non-ortho nitro benzene ring substituents is 1. The molecule has 30 heavy (non-hydrogen) atoms. The number of benzene rings is 2. The Morgan fingerprint density at radius 2 is 1.97 bits per heavy atom. The van der Waals surface area contributed by atoms with E-state index in [1.165, 1.54) is 17.0 Å². The summed E-state index contributed by atoms with van der Waals surface area (Å²) in [5, 5.41) is 11.6. The van der Waals surface area contributed by atoms with Gasteiger partial charge in [-0.1, -0.05) is 24.3 Å². The molecule has 2 aromatic carbocycles. The van der Waals surface area contributed by atoms with E-state index >= 15 is 0 Å². The van der Waals surface area contributed by atoms with Gasteiger partial charge in [-0.25, -0.2) is 0 Å². The minimum Gasteiger partial charge on any atom is -0.450 e. The lowest BCUT2D eigenvalue weighted by Crippen LogP contribution is -2.31. The zero-order valence-corrected chi connectivity index (χ0v) is 16.4. The van der Waals surface area contributed by atoms with Gasteiger partial charge in [0, 0.05) is 31.9 Å². The average molecular weight is 408 g/mol. The average Bonchev–Trinajstić information content (AvgIpc) is 3.03. The first kappa shape index (κ1) is 19.8. The molecule has 4 rings (SSSR count). The van der Waals surface area contributed by atoms with Crippen LogP contribution in [0.5, 0.6) is 0 Å². The molecule has 1 unspecified atom stereocenters. The number of nitrogens with zero attached hydrogens (tertiary/aromatic N) is 2. The van der Waals surface area contributed by atoms with Crippen molar-refractivity contribution in [3.05, 3.63) is 85.8 Å². The van der Waals surface area contributed by atoms with Gasteiger partial charge < -0.3 is 14.1 Å². The van der Waals surface area contributed by atoms with Gasteiger partial charge in [-0.2, -0.15) is 0 Å². The van der Waals surface area contributed by atoms with Crippen LogP contribution in [0.1, 0.15) is 41.1 Å². The summed E-state index contributed by atoms with van der Waals surface area (Å²) in [6.07, 6.45) is 0.562. The molecule has 2 heterocycles. The van der Waals surface area contributed by atoms with Crippen molar-refractivity contribution < 1.29 is 18.9 Å². The Morgan fingerprint density at radius 1 is 1.17 bits per heavy atom. The van der Waals surface area contributed by atoms with Crippen LogP contribution in [0.4, 0.5) is 5.69 Å². The third-order valence-corrected chi connectivity index (χ3v) is 5.16. The molecule has 0 radical (unpaired) electrons. The van der Waals surface area contributed by atoms with E-state index in [1.807, 2.05) is 6.92 Å². The molecular formula is C22H20N2O6. The predicted molar refractivity (Wildman–Crippen MR) is 110 cm³/mol. The maximum atomic E-state index is 13.3. The van der Waals surface area contributed by atoms with E-state index in [0.29, 0.717) is 42.7 Å². The van der Waals surface area contributed by atoms with Gasteiger partial charge in [-0.3, -0.25) is 19.7 Å². The maximum absolute atomic E-state index is 13.3. The van der Waals surface area contributed by atoms with Crippen molar-refractivity contribution in [2.24, 2.45) is 0 Å². The number of fused-ring (bicyclic) bond motifs is 2. The minimum atomic E-state index is -0.755. The van der Waals surface area contributed by atoms with Gasteiger partial charge in [-0.15, -0.1) is 0 Å². The molecule has 8 nitrogen and oxygen atoms in total. The summed E-state index contributed by atoms with van der Waals surface area (Å²) in [7, 11) is 0. The van der Waals surface area contributed by atoms with Crippen LogP contribution in [0.15, 0.2) is 57.7 Å². The fourth-order valence-corrected chi connectivity index (χ4v) is 3.83. The van der Waals surface area contributed by atoms with E-state index in [1.54, 1.807) is 36.4 Å². The van der Waals surface area contributed by atoms with Crippen LogP contribution in [0.2, 0.25) is 0 Å². The maximum Gasteiger partial charge on any atom is 0.290 e. The van der Waals surface area contributed by atoms with Crippen LogP contribution < -0.4 is 5.43 Å². The molecule has 1 aliphatic rings. The number of nitro benzene ring substituents is 1. The molecule has 154 valence electrons. The van der Waals surface area contributed by atoms with Gasteiger partial charge in [0.15, 0.2) is 5.43 Å². The largest absolute Gasteiger partial charge is 0.450 e. The number of amides is 1. The molecule has 0 bridgehead atoms. The van der Waals surface area contributed by atoms with Crippen molar-refractivity contribution in [2.45, 2.75) is 19.4 Å². The highest BCUT2D eigenvalue weighted by Gasteiger charge is 2.42. The fourth-order valence-electron chi connectivity index (χ4n) is 3.83. The summed E-state index contributed by atoms with van der Waals surface area (Å²) in [4.78, 5) is 38.8. The normalized spacial score (nSPS) is 15.6. The topological polar surface area (TPSA) is 103 Å². The van der Waals surface area contributed by atoms with Crippen LogP contribution in [-0.2, 0) is 4.74 Å². The highest BCUT2D eigenvalue weighted by atomic mass is 16.6. The third-order valence-electron chi connectivity index (χ3n) is 5.16. The molecule has 0 N–H and O–H groups in total. The van der Waals surface area contributed by atoms with Crippen LogP contribution in [0.3, 0.4) is 0 Å². The number of nitro groups is 1. The zero-order valence-electron chi connectivity index (χ0n) is 16.4. The number of hydrogen-bond acceptors (Lipinski definition) is 6. The minimum absolute atomic E-state index is 0.00776. The Balaban J connectivity index is 1.87. The number of rotatable bonds is 7. The van der Waals surface area contributed by atoms with E-state index in [-0.39, 0.29) is 22.4 Å². The van der Waals surface area contributed by atoms with Gasteiger partial charge in [0.2, 0.25) is 5.76 Å². The molecule has 0 saturated carbocycles. The Hall–Kier alpha value is -3.52. The van der Waals surface area contributed by atoms with E-state index < -0.39 is 16.9 Å². The Morgan fingerprint density at radius 3 is 2.73 bits per heavy atom. The summed E-state index contributed by atoms with van der Waals surface area (Å²) < 4.78 is 11.2. The molecule has 1 amide bonds. The van der Waals surface area contributed by atoms with Crippen molar-refractivity contribution in [3.63, 3.8) is 0 Å². The number of hydrogen-bond donors (Lipinski definition) is 0. The fraction of sp³-hybridized carbons (Fsp3) is 0.273. The lowest BCUT2D eigenvalue weighted by Gasteiger charge is -2.25. The van der Waals surface area contributed by atoms with Crippen LogP contribution in [0.25, 0.3) is 11.0 Å². The summed E-state index contributed by atoms with van der Waals surface area (Å²) in [5.41, 5.74) is 0.645. The van der Waals surface area contributed by atoms with Gasteiger partial charge in [-0.05, 0) is 31.0 Å². The van der Waals surface area contributed by atoms with Crippen molar-refractivity contribution in [1.82, 2.24) is 4.90 Å². The summed E-state index contributed by atoms with van der Waals surface area (Å²) in [6.45, 7) is 3.23. The lowest BCUT2D eigenvalue weighted by molar-refractivity contribution is -0.384. The Labute approximate surface area is 171 Å². The summed E-state index contributed by atoms with van der Waals surface area (Å²) in [5.74, 6) is -0.410. The highest BCUT2D eigenvalue weighted by Crippen LogP contribution is 2.39. The monoisotopic (exact) mass is 408 g/mol. The molecular weight excluding hydrogens is 388 g/mol. The Bertz CT molecular complexity index is 1190. The first-order valence-electron chi connectivity index (χ1n) is 9.71. The molecule has 1 atom stereocenters. The molecule has 8 heteroatoms. The number of para-hydroxylation sites is 1. The first-order valence-corrected chi connectivity index (χ1v) is 9.71. The second kappa shape index (κ2) is 8.08. The second-order valence-corrected chi connectivity index (χ2v) is 6.97. The van der Waals surface area contributed by atoms with Crippen LogP contribution >= 0.6 is 0 Å². The van der Waals surface area contributed by atoms with E-state index in [4.69, 9.17) is 9.15 Å². The van der Waals surface area contributed by atoms with Gasteiger partial charge in [0.25, 0.3) is 11.6 Å². The summed E-state index contributed by atoms with van der Waals surface area (Å²) in [6, 6.07) is 12.0. The zero-order chi connectivity index (χ0) is 21.3. The molecule has 1 aliphatic heterocycles. The number of carbonyl (C=O) groups excluding carboxylic acids is 1. The van der Waals surface area contributed by atoms with Gasteiger partial charge in [0.1, 0.15) is 5.58 Å². The lowest BCUT2D eigenvalue weighted by atomic mass is 9.98. The van der Waals surface area contributed by atoms with Crippen molar-refractivity contribution >= 4 is 22.6 Å². The molecule has 0 aliphatic carbocycles. The summed E-state index contributed by atoms with van der Waals surface area (Å²) >= 11 is 0. The van der Waals surface area contributed by atoms with E-state index in [2.05, 4.69) is 0 Å². The quantitative estimate of drug-likeness (QED) is 0.336. The van der Waals surface area contributed by atoms with Crippen LogP contribution in [0, 0.1) is 10.1 Å². The standard InChI is InChI=1S/C22H20N2O6/c1-2-29-12-6-11-23-19(14-7-5-8-15(13-14)24(27)28)18-20(25)16-9-3-4-10-17(16)30-21(18)22(23)26/h3-5,7-10,13,19H,2,6,11-12H2,1H3. The number of ether oxygens (including phenoxy) is 1. The third kappa shape index (κ3) is 3.35. The number of carbonyl (C=O) groups is 1. The smallest absolute Gasteiger partial charge is 0.290 e. The van der Waals surface area contributed by atoms with Gasteiger partial charge in [0.05, 0.1) is 21.9 Å². The Kier molecular flexibility index (Phi) is 5.33. The van der Waals surface area contributed by atoms with Crippen molar-refractivity contribution in [1.29, 1.82) is 0 Å². The molecule has 0 saturated heterocycles. The predicted octanol–water partition coefficient (Wildman–Crippen LogP) is 3.67. The molecule has 3 aromatic rings. The van der Waals surface area contributed by atoms with Gasteiger partial charge >= 0.3 is 0 Å². The molecule has 0 spiro atoms. The molecule has 1 aromatic heterocycles. The van der Waals surface area contributed by atoms with E-state index in [0.717, 1.165) is 0 Å². The van der Waals surface area contributed by atoms with E-state index in [9.17, 15) is 19.7 Å². The highest BCUT2D eigenvalue weighted by molar-refractivity contribution is 5.99. The van der Waals surface area contributed by atoms with Crippen molar-refractivity contribution in [3.8, 4) is 0 Å².